The van der Waals surface area contributed by atoms with Gasteiger partial charge in [-0.1, -0.05) is 13.8 Å². The average Bonchev–Trinajstić information content (AvgIpc) is 2.49. The highest BCUT2D eigenvalue weighted by Crippen LogP contribution is 2.40. The van der Waals surface area contributed by atoms with E-state index in [1.54, 1.807) is 21.1 Å². The predicted octanol–water partition coefficient (Wildman–Crippen LogP) is 2.49. The van der Waals surface area contributed by atoms with E-state index in [-0.39, 0.29) is 11.4 Å². The second-order valence-electron chi connectivity index (χ2n) is 5.80. The van der Waals surface area contributed by atoms with E-state index in [1.807, 2.05) is 12.1 Å². The van der Waals surface area contributed by atoms with Crippen LogP contribution < -0.4 is 14.8 Å². The van der Waals surface area contributed by atoms with Gasteiger partial charge in [-0.15, -0.1) is 0 Å². The molecule has 0 saturated carbocycles. The van der Waals surface area contributed by atoms with Crippen LogP contribution in [0.5, 0.6) is 11.5 Å². The van der Waals surface area contributed by atoms with Gasteiger partial charge in [0.15, 0.2) is 11.5 Å². The highest BCUT2D eigenvalue weighted by atomic mass is 16.5. The Bertz CT molecular complexity index is 605. The van der Waals surface area contributed by atoms with Crippen molar-refractivity contribution in [3.63, 3.8) is 0 Å². The molecule has 2 rings (SSSR count). The quantitative estimate of drug-likeness (QED) is 0.684. The molecule has 0 unspecified atom stereocenters. The number of carbonyl (C=O) groups excluding carboxylic acids is 1. The van der Waals surface area contributed by atoms with Crippen LogP contribution in [0.15, 0.2) is 18.2 Å². The van der Waals surface area contributed by atoms with E-state index in [4.69, 9.17) is 14.2 Å². The van der Waals surface area contributed by atoms with Crippen LogP contribution in [0.2, 0.25) is 0 Å². The highest BCUT2D eigenvalue weighted by Gasteiger charge is 2.31. The zero-order chi connectivity index (χ0) is 16.3. The van der Waals surface area contributed by atoms with Crippen LogP contribution in [0, 0.1) is 0 Å². The van der Waals surface area contributed by atoms with Crippen molar-refractivity contribution in [1.29, 1.82) is 0 Å². The van der Waals surface area contributed by atoms with Crippen LogP contribution in [-0.4, -0.2) is 33.3 Å². The Morgan fingerprint density at radius 2 is 1.91 bits per heavy atom. The lowest BCUT2D eigenvalue weighted by Crippen LogP contribution is -2.38. The van der Waals surface area contributed by atoms with E-state index in [0.29, 0.717) is 18.1 Å². The van der Waals surface area contributed by atoms with Gasteiger partial charge in [0.05, 0.1) is 20.8 Å². The normalized spacial score (nSPS) is 17.4. The molecule has 1 aliphatic heterocycles. The molecule has 0 bridgehead atoms. The number of fused-ring (bicyclic) bond motifs is 1. The zero-order valence-corrected chi connectivity index (χ0v) is 13.8. The van der Waals surface area contributed by atoms with Gasteiger partial charge >= 0.3 is 5.97 Å². The van der Waals surface area contributed by atoms with Crippen LogP contribution in [0.1, 0.15) is 31.9 Å². The SMILES string of the molecule is CCOC(=O)/C=C1\NCC(C)(C)c2cc(OC)c(OC)cc21. The summed E-state index contributed by atoms with van der Waals surface area (Å²) in [7, 11) is 3.22. The minimum atomic E-state index is -0.356. The van der Waals surface area contributed by atoms with Crippen molar-refractivity contribution in [2.24, 2.45) is 0 Å². The van der Waals surface area contributed by atoms with Crippen LogP contribution in [-0.2, 0) is 14.9 Å². The molecule has 5 heteroatoms. The van der Waals surface area contributed by atoms with Crippen molar-refractivity contribution in [2.45, 2.75) is 26.2 Å². The summed E-state index contributed by atoms with van der Waals surface area (Å²) in [6.07, 6.45) is 1.49. The molecular weight excluding hydrogens is 282 g/mol. The van der Waals surface area contributed by atoms with Gasteiger partial charge in [0, 0.05) is 29.3 Å². The maximum atomic E-state index is 11.8. The summed E-state index contributed by atoms with van der Waals surface area (Å²) in [6.45, 7) is 7.15. The van der Waals surface area contributed by atoms with Crippen LogP contribution in [0.4, 0.5) is 0 Å². The minimum absolute atomic E-state index is 0.0825. The molecule has 0 fully saturated rings. The van der Waals surface area contributed by atoms with Crippen molar-refractivity contribution in [1.82, 2.24) is 5.32 Å². The van der Waals surface area contributed by atoms with Crippen molar-refractivity contribution < 1.29 is 19.0 Å². The molecule has 5 nitrogen and oxygen atoms in total. The Balaban J connectivity index is 2.56. The third-order valence-corrected chi connectivity index (χ3v) is 3.81. The summed E-state index contributed by atoms with van der Waals surface area (Å²) in [6, 6.07) is 3.88. The Morgan fingerprint density at radius 1 is 1.27 bits per heavy atom. The first kappa shape index (κ1) is 16.2. The van der Waals surface area contributed by atoms with Gasteiger partial charge in [-0.3, -0.25) is 0 Å². The average molecular weight is 305 g/mol. The van der Waals surface area contributed by atoms with E-state index in [2.05, 4.69) is 19.2 Å². The standard InChI is InChI=1S/C17H23NO4/c1-6-22-16(19)9-13-11-7-14(20-4)15(21-5)8-12(11)17(2,3)10-18-13/h7-9,18H,6,10H2,1-5H3/b13-9-. The van der Waals surface area contributed by atoms with Crippen LogP contribution >= 0.6 is 0 Å². The Morgan fingerprint density at radius 3 is 2.50 bits per heavy atom. The minimum Gasteiger partial charge on any atom is -0.493 e. The summed E-state index contributed by atoms with van der Waals surface area (Å²) in [5, 5.41) is 3.31. The van der Waals surface area contributed by atoms with Crippen molar-refractivity contribution in [2.75, 3.05) is 27.4 Å². The summed E-state index contributed by atoms with van der Waals surface area (Å²) in [5.74, 6) is 0.965. The first-order chi connectivity index (χ1) is 10.4. The molecule has 0 spiro atoms. The van der Waals surface area contributed by atoms with Gasteiger partial charge in [0.2, 0.25) is 0 Å². The second-order valence-corrected chi connectivity index (χ2v) is 5.80. The van der Waals surface area contributed by atoms with Crippen molar-refractivity contribution in [3.8, 4) is 11.5 Å². The van der Waals surface area contributed by atoms with E-state index in [1.165, 1.54) is 6.08 Å². The molecule has 0 radical (unpaired) electrons. The Labute approximate surface area is 131 Å². The molecule has 1 heterocycles. The molecular formula is C17H23NO4. The van der Waals surface area contributed by atoms with Crippen molar-refractivity contribution >= 4 is 11.7 Å². The lowest BCUT2D eigenvalue weighted by atomic mass is 9.78. The maximum Gasteiger partial charge on any atom is 0.332 e. The molecule has 0 aromatic heterocycles. The summed E-state index contributed by atoms with van der Waals surface area (Å²) < 4.78 is 15.8. The molecule has 22 heavy (non-hydrogen) atoms. The van der Waals surface area contributed by atoms with E-state index in [0.717, 1.165) is 23.4 Å². The van der Waals surface area contributed by atoms with Crippen molar-refractivity contribution in [3.05, 3.63) is 29.3 Å². The fourth-order valence-corrected chi connectivity index (χ4v) is 2.60. The van der Waals surface area contributed by atoms with Gasteiger partial charge in [-0.2, -0.15) is 0 Å². The van der Waals surface area contributed by atoms with Gasteiger partial charge in [-0.05, 0) is 24.6 Å². The summed E-state index contributed by atoms with van der Waals surface area (Å²) in [5.41, 5.74) is 2.70. The lowest BCUT2D eigenvalue weighted by molar-refractivity contribution is -0.137. The number of nitrogens with one attached hydrogen (secondary N) is 1. The molecule has 1 aromatic rings. The lowest BCUT2D eigenvalue weighted by Gasteiger charge is -2.35. The van der Waals surface area contributed by atoms with E-state index in [9.17, 15) is 4.79 Å². The number of methoxy groups -OCH3 is 2. The van der Waals surface area contributed by atoms with Gasteiger partial charge in [0.25, 0.3) is 0 Å². The number of carbonyl (C=O) groups is 1. The number of esters is 1. The Kier molecular flexibility index (Phi) is 4.64. The summed E-state index contributed by atoms with van der Waals surface area (Å²) >= 11 is 0. The topological polar surface area (TPSA) is 56.8 Å². The van der Waals surface area contributed by atoms with E-state index >= 15 is 0 Å². The first-order valence-electron chi connectivity index (χ1n) is 7.32. The van der Waals surface area contributed by atoms with Gasteiger partial charge in [-0.25, -0.2) is 4.79 Å². The molecule has 0 saturated heterocycles. The first-order valence-corrected chi connectivity index (χ1v) is 7.32. The molecule has 1 N–H and O–H groups in total. The van der Waals surface area contributed by atoms with Gasteiger partial charge in [0.1, 0.15) is 0 Å². The fourth-order valence-electron chi connectivity index (χ4n) is 2.60. The number of ether oxygens (including phenoxy) is 3. The number of rotatable bonds is 4. The second kappa shape index (κ2) is 6.30. The largest absolute Gasteiger partial charge is 0.493 e. The number of hydrogen-bond donors (Lipinski definition) is 1. The van der Waals surface area contributed by atoms with Gasteiger partial charge < -0.3 is 19.5 Å². The van der Waals surface area contributed by atoms with Crippen LogP contribution in [0.25, 0.3) is 5.70 Å². The highest BCUT2D eigenvalue weighted by molar-refractivity contribution is 5.92. The number of hydrogen-bond acceptors (Lipinski definition) is 5. The molecule has 120 valence electrons. The molecule has 0 aliphatic carbocycles. The smallest absolute Gasteiger partial charge is 0.332 e. The molecule has 0 amide bonds. The Hall–Kier alpha value is -2.17. The zero-order valence-electron chi connectivity index (χ0n) is 13.8. The van der Waals surface area contributed by atoms with Crippen LogP contribution in [0.3, 0.4) is 0 Å². The monoisotopic (exact) mass is 305 g/mol. The number of benzene rings is 1. The molecule has 1 aliphatic rings. The maximum absolute atomic E-state index is 11.8. The fraction of sp³-hybridized carbons (Fsp3) is 0.471. The summed E-state index contributed by atoms with van der Waals surface area (Å²) in [4.78, 5) is 11.8. The molecule has 0 atom stereocenters. The predicted molar refractivity (Wildman–Crippen MR) is 85.2 cm³/mol. The van der Waals surface area contributed by atoms with E-state index < -0.39 is 0 Å². The third-order valence-electron chi connectivity index (χ3n) is 3.81. The third kappa shape index (κ3) is 3.03. The molecule has 1 aromatic carbocycles.